The van der Waals surface area contributed by atoms with Gasteiger partial charge in [0.1, 0.15) is 5.02 Å². The van der Waals surface area contributed by atoms with E-state index in [1.165, 1.54) is 0 Å². The summed E-state index contributed by atoms with van der Waals surface area (Å²) in [4.78, 5) is 0. The van der Waals surface area contributed by atoms with Crippen molar-refractivity contribution in [3.05, 3.63) is 82.0 Å². The molecule has 128 valence electrons. The first-order chi connectivity index (χ1) is 12.1. The summed E-state index contributed by atoms with van der Waals surface area (Å²) in [6.45, 7) is 1.23. The van der Waals surface area contributed by atoms with Crippen LogP contribution in [0, 0.1) is 0 Å². The van der Waals surface area contributed by atoms with Crippen LogP contribution in [-0.2, 0) is 13.1 Å². The Labute approximate surface area is 161 Å². The van der Waals surface area contributed by atoms with E-state index in [1.54, 1.807) is 10.9 Å². The van der Waals surface area contributed by atoms with Crippen LogP contribution < -0.4 is 10.6 Å². The molecule has 0 saturated heterocycles. The first-order valence-corrected chi connectivity index (χ1v) is 8.83. The van der Waals surface area contributed by atoms with Gasteiger partial charge in [0.2, 0.25) is 0 Å². The first kappa shape index (κ1) is 17.7. The molecule has 0 aliphatic heterocycles. The number of benzene rings is 2. The van der Waals surface area contributed by atoms with Crippen LogP contribution >= 0.6 is 35.4 Å². The van der Waals surface area contributed by atoms with Crippen LogP contribution in [0.5, 0.6) is 0 Å². The molecule has 1 aromatic heterocycles. The smallest absolute Gasteiger partial charge is 0.173 e. The highest BCUT2D eigenvalue weighted by atomic mass is 35.5. The van der Waals surface area contributed by atoms with Gasteiger partial charge in [-0.05, 0) is 35.5 Å². The molecule has 2 aromatic carbocycles. The zero-order valence-corrected chi connectivity index (χ0v) is 15.6. The third-order valence-corrected chi connectivity index (χ3v) is 4.28. The molecule has 0 amide bonds. The minimum absolute atomic E-state index is 0.460. The van der Waals surface area contributed by atoms with Crippen LogP contribution in [0.3, 0.4) is 0 Å². The van der Waals surface area contributed by atoms with Gasteiger partial charge in [0.05, 0.1) is 6.54 Å². The summed E-state index contributed by atoms with van der Waals surface area (Å²) in [7, 11) is 0. The van der Waals surface area contributed by atoms with E-state index in [2.05, 4.69) is 15.7 Å². The highest BCUT2D eigenvalue weighted by Gasteiger charge is 2.09. The number of hydrogen-bond donors (Lipinski definition) is 2. The molecule has 3 rings (SSSR count). The molecular formula is C18H16Cl2N4S. The lowest BCUT2D eigenvalue weighted by atomic mass is 10.2. The highest BCUT2D eigenvalue weighted by Crippen LogP contribution is 2.20. The lowest BCUT2D eigenvalue weighted by Gasteiger charge is -2.09. The summed E-state index contributed by atoms with van der Waals surface area (Å²) in [5, 5.41) is 12.3. The van der Waals surface area contributed by atoms with Crippen molar-refractivity contribution in [2.75, 3.05) is 5.32 Å². The summed E-state index contributed by atoms with van der Waals surface area (Å²) >= 11 is 17.4. The second-order valence-electron chi connectivity index (χ2n) is 5.44. The summed E-state index contributed by atoms with van der Waals surface area (Å²) in [6.07, 6.45) is 1.78. The van der Waals surface area contributed by atoms with E-state index in [-0.39, 0.29) is 0 Å². The molecule has 0 radical (unpaired) electrons. The molecule has 4 nitrogen and oxygen atoms in total. The van der Waals surface area contributed by atoms with E-state index in [0.717, 1.165) is 11.1 Å². The molecule has 3 aromatic rings. The third kappa shape index (κ3) is 5.19. The quantitative estimate of drug-likeness (QED) is 0.618. The molecule has 0 fully saturated rings. The molecule has 0 bridgehead atoms. The molecule has 0 unspecified atom stereocenters. The highest BCUT2D eigenvalue weighted by molar-refractivity contribution is 7.80. The zero-order valence-electron chi connectivity index (χ0n) is 13.2. The molecular weight excluding hydrogens is 375 g/mol. The largest absolute Gasteiger partial charge is 0.358 e. The number of thiocarbonyl (C=S) groups is 1. The number of aromatic nitrogens is 2. The maximum Gasteiger partial charge on any atom is 0.173 e. The number of halogens is 2. The number of anilines is 1. The second-order valence-corrected chi connectivity index (χ2v) is 6.69. The van der Waals surface area contributed by atoms with Crippen LogP contribution in [0.25, 0.3) is 0 Å². The van der Waals surface area contributed by atoms with Gasteiger partial charge in [-0.1, -0.05) is 65.7 Å². The monoisotopic (exact) mass is 390 g/mol. The van der Waals surface area contributed by atoms with Crippen LogP contribution in [0.2, 0.25) is 10.0 Å². The SMILES string of the molecule is S=C(NCc1ccc(Cl)cc1)Nc1nn(Cc2ccccc2)cc1Cl. The molecule has 0 aliphatic carbocycles. The van der Waals surface area contributed by atoms with Gasteiger partial charge in [0.15, 0.2) is 10.9 Å². The average molecular weight is 391 g/mol. The predicted octanol–water partition coefficient (Wildman–Crippen LogP) is 4.72. The Kier molecular flexibility index (Phi) is 5.91. The maximum atomic E-state index is 6.24. The van der Waals surface area contributed by atoms with Gasteiger partial charge in [-0.2, -0.15) is 5.10 Å². The van der Waals surface area contributed by atoms with Crippen LogP contribution in [0.4, 0.5) is 5.82 Å². The lowest BCUT2D eigenvalue weighted by Crippen LogP contribution is -2.28. The molecule has 0 aliphatic rings. The van der Waals surface area contributed by atoms with Gasteiger partial charge in [-0.25, -0.2) is 0 Å². The lowest BCUT2D eigenvalue weighted by molar-refractivity contribution is 0.690. The fourth-order valence-corrected chi connectivity index (χ4v) is 2.76. The Morgan fingerprint density at radius 3 is 2.44 bits per heavy atom. The van der Waals surface area contributed by atoms with E-state index in [4.69, 9.17) is 35.4 Å². The molecule has 0 atom stereocenters. The Hall–Kier alpha value is -2.08. The summed E-state index contributed by atoms with van der Waals surface area (Å²) in [6, 6.07) is 17.6. The van der Waals surface area contributed by atoms with Crippen molar-refractivity contribution in [1.82, 2.24) is 15.1 Å². The standard InChI is InChI=1S/C18H16Cl2N4S/c19-15-8-6-13(7-9-15)10-21-18(25)22-17-16(20)12-24(23-17)11-14-4-2-1-3-5-14/h1-9,12H,10-11H2,(H2,21,22,23,25). The maximum absolute atomic E-state index is 6.24. The zero-order chi connectivity index (χ0) is 17.6. The van der Waals surface area contributed by atoms with Crippen molar-refractivity contribution >= 4 is 46.4 Å². The van der Waals surface area contributed by atoms with Gasteiger partial charge >= 0.3 is 0 Å². The molecule has 0 saturated carbocycles. The van der Waals surface area contributed by atoms with E-state index >= 15 is 0 Å². The van der Waals surface area contributed by atoms with Crippen molar-refractivity contribution in [1.29, 1.82) is 0 Å². The first-order valence-electron chi connectivity index (χ1n) is 7.66. The Morgan fingerprint density at radius 2 is 1.72 bits per heavy atom. The molecule has 2 N–H and O–H groups in total. The van der Waals surface area contributed by atoms with Crippen LogP contribution in [-0.4, -0.2) is 14.9 Å². The Morgan fingerprint density at radius 1 is 1.00 bits per heavy atom. The van der Waals surface area contributed by atoms with Crippen LogP contribution in [0.1, 0.15) is 11.1 Å². The van der Waals surface area contributed by atoms with Crippen molar-refractivity contribution in [3.8, 4) is 0 Å². The topological polar surface area (TPSA) is 41.9 Å². The molecule has 1 heterocycles. The number of nitrogens with zero attached hydrogens (tertiary/aromatic N) is 2. The van der Waals surface area contributed by atoms with Gasteiger partial charge in [0, 0.05) is 17.8 Å². The Balaban J connectivity index is 1.57. The van der Waals surface area contributed by atoms with E-state index in [0.29, 0.717) is 34.1 Å². The molecule has 7 heteroatoms. The van der Waals surface area contributed by atoms with Crippen molar-refractivity contribution in [2.45, 2.75) is 13.1 Å². The third-order valence-electron chi connectivity index (χ3n) is 3.50. The van der Waals surface area contributed by atoms with Crippen molar-refractivity contribution in [2.24, 2.45) is 0 Å². The van der Waals surface area contributed by atoms with Gasteiger partial charge in [-0.3, -0.25) is 4.68 Å². The number of hydrogen-bond acceptors (Lipinski definition) is 2. The minimum Gasteiger partial charge on any atom is -0.358 e. The summed E-state index contributed by atoms with van der Waals surface area (Å²) in [5.41, 5.74) is 2.23. The van der Waals surface area contributed by atoms with E-state index in [1.807, 2.05) is 54.6 Å². The average Bonchev–Trinajstić information content (AvgIpc) is 2.94. The molecule has 0 spiro atoms. The predicted molar refractivity (Wildman–Crippen MR) is 107 cm³/mol. The van der Waals surface area contributed by atoms with Crippen molar-refractivity contribution in [3.63, 3.8) is 0 Å². The summed E-state index contributed by atoms with van der Waals surface area (Å²) in [5.74, 6) is 0.534. The summed E-state index contributed by atoms with van der Waals surface area (Å²) < 4.78 is 1.78. The fourth-order valence-electron chi connectivity index (χ4n) is 2.27. The normalized spacial score (nSPS) is 10.5. The van der Waals surface area contributed by atoms with Gasteiger partial charge in [0.25, 0.3) is 0 Å². The second kappa shape index (κ2) is 8.34. The molecule has 25 heavy (non-hydrogen) atoms. The van der Waals surface area contributed by atoms with Gasteiger partial charge < -0.3 is 10.6 Å². The van der Waals surface area contributed by atoms with E-state index in [9.17, 15) is 0 Å². The van der Waals surface area contributed by atoms with E-state index < -0.39 is 0 Å². The minimum atomic E-state index is 0.460. The number of nitrogens with one attached hydrogen (secondary N) is 2. The van der Waals surface area contributed by atoms with Crippen molar-refractivity contribution < 1.29 is 0 Å². The Bertz CT molecular complexity index is 847. The van der Waals surface area contributed by atoms with Gasteiger partial charge in [-0.15, -0.1) is 0 Å². The number of rotatable bonds is 5. The van der Waals surface area contributed by atoms with Crippen LogP contribution in [0.15, 0.2) is 60.8 Å². The fraction of sp³-hybridized carbons (Fsp3) is 0.111.